The Morgan fingerprint density at radius 1 is 1.12 bits per heavy atom. The van der Waals surface area contributed by atoms with Gasteiger partial charge in [-0.2, -0.15) is 18.3 Å². The van der Waals surface area contributed by atoms with Gasteiger partial charge in [0.1, 0.15) is 6.29 Å². The van der Waals surface area contributed by atoms with Crippen molar-refractivity contribution in [3.63, 3.8) is 0 Å². The number of alkyl halides is 3. The van der Waals surface area contributed by atoms with E-state index in [4.69, 9.17) is 15.7 Å². The fourth-order valence-electron chi connectivity index (χ4n) is 3.65. The highest BCUT2D eigenvalue weighted by molar-refractivity contribution is 6.41. The van der Waals surface area contributed by atoms with Crippen molar-refractivity contribution in [1.29, 1.82) is 0 Å². The van der Waals surface area contributed by atoms with E-state index in [2.05, 4.69) is 10.4 Å². The molecule has 1 aliphatic heterocycles. The first-order valence-electron chi connectivity index (χ1n) is 10.4. The molecular formula is C22H29B2F3N4O. The molecule has 0 saturated carbocycles. The molecule has 3 rings (SSSR count). The molecule has 1 aromatic heterocycles. The number of nitrogens with zero attached hydrogens (tertiary/aromatic N) is 3. The van der Waals surface area contributed by atoms with Crippen LogP contribution in [0.15, 0.2) is 18.2 Å². The molecule has 32 heavy (non-hydrogen) atoms. The van der Waals surface area contributed by atoms with Gasteiger partial charge in [0.25, 0.3) is 0 Å². The standard InChI is InChI=1S/C16H17B2F3N4.C6H12O/c1-9-6-11(7-10(2)14(9)22-3)24-4-5-25-13(15(24,17)18)8-12(23-25)16(19,20)21;1-6(2,3)4-5-7/h6-8,22H,4-5H2,1-3H3;5H,4H2,1-3H3. The van der Waals surface area contributed by atoms with E-state index in [0.29, 0.717) is 13.0 Å². The van der Waals surface area contributed by atoms with Crippen molar-refractivity contribution in [3.8, 4) is 0 Å². The lowest BCUT2D eigenvalue weighted by atomic mass is 9.57. The Hall–Kier alpha value is -2.38. The lowest BCUT2D eigenvalue weighted by Crippen LogP contribution is -2.54. The largest absolute Gasteiger partial charge is 0.435 e. The van der Waals surface area contributed by atoms with Crippen LogP contribution in [0.4, 0.5) is 24.5 Å². The van der Waals surface area contributed by atoms with Crippen molar-refractivity contribution in [1.82, 2.24) is 9.78 Å². The lowest BCUT2D eigenvalue weighted by Gasteiger charge is -2.46. The maximum Gasteiger partial charge on any atom is 0.435 e. The Bertz CT molecular complexity index is 942. The molecule has 1 aromatic carbocycles. The minimum absolute atomic E-state index is 0.138. The molecule has 5 nitrogen and oxygen atoms in total. The zero-order valence-corrected chi connectivity index (χ0v) is 19.5. The number of aromatic nitrogens is 2. The average molecular weight is 444 g/mol. The van der Waals surface area contributed by atoms with Crippen molar-refractivity contribution >= 4 is 33.4 Å². The van der Waals surface area contributed by atoms with Crippen molar-refractivity contribution in [2.24, 2.45) is 5.41 Å². The summed E-state index contributed by atoms with van der Waals surface area (Å²) in [7, 11) is 14.3. The van der Waals surface area contributed by atoms with Crippen LogP contribution in [-0.4, -0.2) is 45.4 Å². The van der Waals surface area contributed by atoms with Crippen LogP contribution in [0.25, 0.3) is 0 Å². The molecule has 0 atom stereocenters. The Labute approximate surface area is 190 Å². The molecule has 0 spiro atoms. The minimum atomic E-state index is -4.53. The minimum Gasteiger partial charge on any atom is -0.388 e. The number of fused-ring (bicyclic) bond motifs is 1. The molecule has 1 aliphatic rings. The van der Waals surface area contributed by atoms with Gasteiger partial charge in [-0.1, -0.05) is 20.8 Å². The molecule has 0 saturated heterocycles. The second-order valence-corrected chi connectivity index (χ2v) is 9.25. The van der Waals surface area contributed by atoms with Gasteiger partial charge in [0.2, 0.25) is 0 Å². The van der Waals surface area contributed by atoms with Gasteiger partial charge in [-0.25, -0.2) is 0 Å². The maximum absolute atomic E-state index is 13.0. The van der Waals surface area contributed by atoms with Gasteiger partial charge < -0.3 is 15.0 Å². The predicted octanol–water partition coefficient (Wildman–Crippen LogP) is 4.15. The van der Waals surface area contributed by atoms with Gasteiger partial charge in [0.05, 0.1) is 22.2 Å². The molecule has 2 heterocycles. The molecule has 0 amide bonds. The van der Waals surface area contributed by atoms with Crippen LogP contribution in [0, 0.1) is 19.3 Å². The molecule has 1 N–H and O–H groups in total. The lowest BCUT2D eigenvalue weighted by molar-refractivity contribution is -0.141. The Morgan fingerprint density at radius 3 is 2.09 bits per heavy atom. The summed E-state index contributed by atoms with van der Waals surface area (Å²) in [4.78, 5) is 11.5. The van der Waals surface area contributed by atoms with E-state index < -0.39 is 17.2 Å². The first kappa shape index (κ1) is 25.9. The van der Waals surface area contributed by atoms with Gasteiger partial charge in [-0.3, -0.25) is 4.68 Å². The highest BCUT2D eigenvalue weighted by Gasteiger charge is 2.41. The van der Waals surface area contributed by atoms with E-state index >= 15 is 0 Å². The van der Waals surface area contributed by atoms with Gasteiger partial charge in [-0.15, -0.1) is 0 Å². The summed E-state index contributed by atoms with van der Waals surface area (Å²) in [6.45, 7) is 10.7. The third-order valence-electron chi connectivity index (χ3n) is 5.24. The van der Waals surface area contributed by atoms with E-state index in [1.807, 2.05) is 53.8 Å². The number of aryl methyl sites for hydroxylation is 2. The Balaban J connectivity index is 0.000000451. The molecule has 0 fully saturated rings. The molecule has 10 heteroatoms. The Kier molecular flexibility index (Phi) is 7.47. The van der Waals surface area contributed by atoms with Crippen molar-refractivity contribution in [3.05, 3.63) is 40.7 Å². The summed E-state index contributed by atoms with van der Waals surface area (Å²) in [5, 5.41) is 5.14. The summed E-state index contributed by atoms with van der Waals surface area (Å²) in [5.41, 5.74) is 3.11. The molecular weight excluding hydrogens is 415 g/mol. The molecule has 0 bridgehead atoms. The highest BCUT2D eigenvalue weighted by Crippen LogP contribution is 2.37. The number of halogens is 3. The van der Waals surface area contributed by atoms with Gasteiger partial charge in [0, 0.05) is 42.4 Å². The maximum atomic E-state index is 13.0. The second-order valence-electron chi connectivity index (χ2n) is 9.25. The first-order chi connectivity index (χ1) is 14.6. The summed E-state index contributed by atoms with van der Waals surface area (Å²) in [6, 6.07) is 4.77. The number of carbonyl (C=O) groups is 1. The number of rotatable bonds is 3. The SMILES string of the molecule is CC(C)(C)CC=O.[B]C1([B])c2cc(C(F)(F)F)nn2CCN1c1cc(C)c(NC)c(C)c1. The zero-order chi connectivity index (χ0) is 24.5. The van der Waals surface area contributed by atoms with E-state index in [9.17, 15) is 18.0 Å². The summed E-state index contributed by atoms with van der Waals surface area (Å²) < 4.78 is 40.1. The number of carbonyl (C=O) groups excluding carboxylic acids is 1. The highest BCUT2D eigenvalue weighted by atomic mass is 19.4. The van der Waals surface area contributed by atoms with Crippen molar-refractivity contribution in [2.75, 3.05) is 23.8 Å². The van der Waals surface area contributed by atoms with E-state index in [1.54, 1.807) is 4.90 Å². The zero-order valence-electron chi connectivity index (χ0n) is 19.5. The molecule has 2 aromatic rings. The van der Waals surface area contributed by atoms with Crippen LogP contribution in [-0.2, 0) is 22.9 Å². The van der Waals surface area contributed by atoms with Crippen LogP contribution in [0.5, 0.6) is 0 Å². The third-order valence-corrected chi connectivity index (χ3v) is 5.24. The number of benzene rings is 1. The van der Waals surface area contributed by atoms with E-state index in [0.717, 1.165) is 34.9 Å². The van der Waals surface area contributed by atoms with Crippen molar-refractivity contribution < 1.29 is 18.0 Å². The molecule has 170 valence electrons. The van der Waals surface area contributed by atoms with Crippen LogP contribution in [0.3, 0.4) is 0 Å². The van der Waals surface area contributed by atoms with Crippen molar-refractivity contribution in [2.45, 2.75) is 59.1 Å². The Morgan fingerprint density at radius 2 is 1.69 bits per heavy atom. The van der Waals surface area contributed by atoms with E-state index in [-0.39, 0.29) is 17.7 Å². The summed E-state index contributed by atoms with van der Waals surface area (Å²) in [5.74, 6) is 0. The third kappa shape index (κ3) is 5.70. The number of hydrogen-bond acceptors (Lipinski definition) is 4. The predicted molar refractivity (Wildman–Crippen MR) is 123 cm³/mol. The number of anilines is 2. The van der Waals surface area contributed by atoms with Crippen LogP contribution < -0.4 is 10.2 Å². The van der Waals surface area contributed by atoms with Crippen LogP contribution >= 0.6 is 0 Å². The molecule has 0 unspecified atom stereocenters. The van der Waals surface area contributed by atoms with E-state index in [1.165, 1.54) is 4.68 Å². The number of hydrogen-bond donors (Lipinski definition) is 1. The van der Waals surface area contributed by atoms with Crippen LogP contribution in [0.2, 0.25) is 0 Å². The summed E-state index contributed by atoms with van der Waals surface area (Å²) >= 11 is 0. The quantitative estimate of drug-likeness (QED) is 0.571. The second kappa shape index (κ2) is 9.24. The summed E-state index contributed by atoms with van der Waals surface area (Å²) in [6.07, 6.45) is -2.92. The molecule has 4 radical (unpaired) electrons. The first-order valence-corrected chi connectivity index (χ1v) is 10.4. The molecule has 0 aliphatic carbocycles. The fourth-order valence-corrected chi connectivity index (χ4v) is 3.65. The smallest absolute Gasteiger partial charge is 0.388 e. The normalized spacial score (nSPS) is 15.5. The number of aldehydes is 1. The van der Waals surface area contributed by atoms with Crippen LogP contribution in [0.1, 0.15) is 49.7 Å². The number of nitrogens with one attached hydrogen (secondary N) is 1. The van der Waals surface area contributed by atoms with Gasteiger partial charge >= 0.3 is 6.18 Å². The topological polar surface area (TPSA) is 50.2 Å². The average Bonchev–Trinajstić information content (AvgIpc) is 3.07. The van der Waals surface area contributed by atoms with Gasteiger partial charge in [0.15, 0.2) is 5.69 Å². The fraction of sp³-hybridized carbons (Fsp3) is 0.545. The monoisotopic (exact) mass is 444 g/mol. The van der Waals surface area contributed by atoms with Gasteiger partial charge in [-0.05, 0) is 48.6 Å².